The summed E-state index contributed by atoms with van der Waals surface area (Å²) >= 11 is 0. The van der Waals surface area contributed by atoms with Crippen molar-refractivity contribution in [2.24, 2.45) is 0 Å². The second-order valence-electron chi connectivity index (χ2n) is 17.6. The van der Waals surface area contributed by atoms with Crippen LogP contribution in [0, 0.1) is 20.0 Å². The van der Waals surface area contributed by atoms with Gasteiger partial charge < -0.3 is 4.74 Å². The zero-order valence-electron chi connectivity index (χ0n) is 61.9. The number of imidazole rings is 1. The van der Waals surface area contributed by atoms with Crippen molar-refractivity contribution in [3.05, 3.63) is 198 Å². The Morgan fingerprint density at radius 2 is 1.47 bits per heavy atom. The number of hydrogen-bond acceptors (Lipinski definition) is 2. The summed E-state index contributed by atoms with van der Waals surface area (Å²) in [5.41, 5.74) is -9.57. The van der Waals surface area contributed by atoms with Crippen LogP contribution in [0.25, 0.3) is 72.3 Å². The maximum absolute atomic E-state index is 10.1. The van der Waals surface area contributed by atoms with Crippen LogP contribution in [0.1, 0.15) is 118 Å². The van der Waals surface area contributed by atoms with Gasteiger partial charge >= 0.3 is 0 Å². The summed E-state index contributed by atoms with van der Waals surface area (Å²) in [7, 11) is 0. The number of aromatic nitrogens is 4. The van der Waals surface area contributed by atoms with Gasteiger partial charge in [0.05, 0.1) is 44.4 Å². The topological polar surface area (TPSA) is 35.9 Å². The van der Waals surface area contributed by atoms with Gasteiger partial charge in [0.25, 0.3) is 6.33 Å². The van der Waals surface area contributed by atoms with Gasteiger partial charge in [0.1, 0.15) is 17.3 Å². The van der Waals surface area contributed by atoms with E-state index in [1.807, 2.05) is 24.3 Å². The molecule has 3 heterocycles. The minimum absolute atomic E-state index is 0.0337. The number of benzene rings is 7. The van der Waals surface area contributed by atoms with Crippen LogP contribution in [0.5, 0.6) is 11.5 Å². The number of ether oxygens (including phenoxy) is 1. The number of hydrogen-bond donors (Lipinski definition) is 0. The van der Waals surface area contributed by atoms with Crippen molar-refractivity contribution in [1.82, 2.24) is 14.1 Å². The Labute approximate surface area is 425 Å². The molecule has 0 radical (unpaired) electrons. The van der Waals surface area contributed by atoms with Gasteiger partial charge in [0.15, 0.2) is 0 Å². The summed E-state index contributed by atoms with van der Waals surface area (Å²) in [6.07, 6.45) is 2.93. The number of aryl methyl sites for hydroxylation is 2. The molecule has 7 aromatic carbocycles. The Balaban J connectivity index is 1.10. The van der Waals surface area contributed by atoms with Crippen molar-refractivity contribution < 1.29 is 44.9 Å². The SMILES string of the molecule is [2H]c1c([2H])c([2H])c(-c2cnc(-n3c4ccccc4c4ccc(Oc5cccc(-n6[c-][n+](-c7c(-c8c([2H])c([2H])c9c(c8[2H])C(C([2H])([2H])[2H])(C([2H])([2H])[2H])CC9(C([2H])([2H])[2H])C([2H])([2H])[2H])cc(C([2H])([2H])[2H])cc7C(C)(C)C)c7ccccc76)c5)cc43)cc2C([2H])([2H])[2H])c([2H])c1[2H]. The molecule has 10 aromatic rings. The van der Waals surface area contributed by atoms with Crippen molar-refractivity contribution in [3.63, 3.8) is 0 Å². The monoisotopic (exact) mass is 887 g/mol. The maximum atomic E-state index is 10.1. The summed E-state index contributed by atoms with van der Waals surface area (Å²) < 4.78 is 240. The Hall–Kier alpha value is -7.24. The molecule has 0 amide bonds. The van der Waals surface area contributed by atoms with Crippen LogP contribution in [-0.2, 0) is 16.2 Å². The first-order valence-electron chi connectivity index (χ1n) is 34.1. The van der Waals surface area contributed by atoms with Gasteiger partial charge in [-0.2, -0.15) is 0 Å². The van der Waals surface area contributed by atoms with Gasteiger partial charge in [0, 0.05) is 53.3 Å². The lowest BCUT2D eigenvalue weighted by molar-refractivity contribution is -0.572. The van der Waals surface area contributed by atoms with Crippen molar-refractivity contribution in [3.8, 4) is 50.9 Å². The van der Waals surface area contributed by atoms with Gasteiger partial charge in [-0.05, 0) is 118 Å². The van der Waals surface area contributed by atoms with E-state index in [2.05, 4.69) is 11.3 Å². The molecule has 5 heteroatoms. The summed E-state index contributed by atoms with van der Waals surface area (Å²) in [6, 6.07) is 23.7. The molecule has 0 unspecified atom stereocenters. The average molecular weight is 887 g/mol. The van der Waals surface area contributed by atoms with E-state index in [-0.39, 0.29) is 50.6 Å². The van der Waals surface area contributed by atoms with E-state index in [1.165, 1.54) is 22.9 Å². The highest BCUT2D eigenvalue weighted by Crippen LogP contribution is 2.51. The molecular formula is C61H56N4O. The summed E-state index contributed by atoms with van der Waals surface area (Å²) in [5, 5.41) is 1.48. The first-order chi connectivity index (χ1) is 42.4. The molecule has 0 spiro atoms. The molecule has 3 aromatic heterocycles. The first kappa shape index (κ1) is 21.8. The predicted molar refractivity (Wildman–Crippen MR) is 272 cm³/mol. The van der Waals surface area contributed by atoms with E-state index >= 15 is 0 Å². The zero-order valence-corrected chi connectivity index (χ0v) is 35.9. The van der Waals surface area contributed by atoms with Crippen molar-refractivity contribution in [2.45, 2.75) is 84.5 Å². The smallest absolute Gasteiger partial charge is 0.269 e. The largest absolute Gasteiger partial charge is 0.458 e. The van der Waals surface area contributed by atoms with Crippen LogP contribution in [0.3, 0.4) is 0 Å². The van der Waals surface area contributed by atoms with E-state index in [1.54, 1.807) is 96.6 Å². The molecule has 0 atom stereocenters. The molecule has 11 rings (SSSR count). The maximum Gasteiger partial charge on any atom is 0.269 e. The lowest BCUT2D eigenvalue weighted by Crippen LogP contribution is -2.35. The highest BCUT2D eigenvalue weighted by Gasteiger charge is 2.42. The molecule has 1 aliphatic carbocycles. The number of nitrogens with zero attached hydrogens (tertiary/aromatic N) is 4. The predicted octanol–water partition coefficient (Wildman–Crippen LogP) is 15.2. The number of para-hydroxylation sites is 3. The van der Waals surface area contributed by atoms with Crippen LogP contribution in [0.2, 0.25) is 0 Å². The normalized spacial score (nSPS) is 21.2. The van der Waals surface area contributed by atoms with Gasteiger partial charge in [-0.15, -0.1) is 0 Å². The molecule has 0 saturated carbocycles. The van der Waals surface area contributed by atoms with E-state index in [0.717, 1.165) is 16.8 Å². The van der Waals surface area contributed by atoms with Crippen molar-refractivity contribution in [1.29, 1.82) is 0 Å². The van der Waals surface area contributed by atoms with Crippen molar-refractivity contribution in [2.75, 3.05) is 0 Å². The van der Waals surface area contributed by atoms with Crippen LogP contribution < -0.4 is 9.30 Å². The van der Waals surface area contributed by atoms with E-state index in [4.69, 9.17) is 36.3 Å². The molecule has 0 bridgehead atoms. The molecule has 0 saturated heterocycles. The molecule has 5 nitrogen and oxygen atoms in total. The van der Waals surface area contributed by atoms with Gasteiger partial charge in [-0.3, -0.25) is 13.7 Å². The second-order valence-corrected chi connectivity index (χ2v) is 17.6. The third kappa shape index (κ3) is 6.91. The van der Waals surface area contributed by atoms with Gasteiger partial charge in [-0.25, -0.2) is 4.98 Å². The molecule has 0 fully saturated rings. The third-order valence-corrected chi connectivity index (χ3v) is 12.0. The zero-order chi connectivity index (χ0) is 67.7. The van der Waals surface area contributed by atoms with Crippen LogP contribution in [-0.4, -0.2) is 14.1 Å². The van der Waals surface area contributed by atoms with Gasteiger partial charge in [0.2, 0.25) is 0 Å². The highest BCUT2D eigenvalue weighted by atomic mass is 16.5. The Morgan fingerprint density at radius 1 is 0.697 bits per heavy atom. The Bertz CT molecular complexity index is 4650. The molecule has 0 N–H and O–H groups in total. The summed E-state index contributed by atoms with van der Waals surface area (Å²) in [5.74, 6) is 0.707. The molecule has 0 aliphatic heterocycles. The van der Waals surface area contributed by atoms with E-state index in [9.17, 15) is 4.11 Å². The number of pyridine rings is 1. The average Bonchev–Trinajstić information content (AvgIpc) is 1.48. The van der Waals surface area contributed by atoms with Crippen molar-refractivity contribution >= 4 is 32.8 Å². The summed E-state index contributed by atoms with van der Waals surface area (Å²) in [6.45, 7) is -15.6. The number of fused-ring (bicyclic) bond motifs is 5. The minimum Gasteiger partial charge on any atom is -0.458 e. The minimum atomic E-state index is -3.78. The van der Waals surface area contributed by atoms with Gasteiger partial charge in [-0.1, -0.05) is 163 Å². The lowest BCUT2D eigenvalue weighted by atomic mass is 9.81. The second kappa shape index (κ2) is 15.2. The molecule has 66 heavy (non-hydrogen) atoms. The Morgan fingerprint density at radius 3 is 2.27 bits per heavy atom. The van der Waals surface area contributed by atoms with E-state index in [0.29, 0.717) is 33.5 Å². The van der Waals surface area contributed by atoms with Crippen LogP contribution in [0.4, 0.5) is 0 Å². The van der Waals surface area contributed by atoms with Crippen LogP contribution >= 0.6 is 0 Å². The molecule has 326 valence electrons. The van der Waals surface area contributed by atoms with E-state index < -0.39 is 129 Å². The standard InChI is InChI=1S/C61H56N4O/c1-39-30-48(42-26-29-50-51(33-42)61(8,9)37-60(50,6)7)58(52(31-39)59(3,4)5)64-38-63(54-24-15-16-25-55(54)64)43-20-17-21-44(34-43)66-45-27-28-47-46-22-13-14-23-53(46)65(56(47)35-45)57-32-40(2)49(36-62-57)41-18-11-10-12-19-41/h10-36H,37H2,1-9H3/i1D3,2D3,6D3,7D3,8D3,9D3,10D,11D,12D,18D,19D,26D,29D,33D. The third-order valence-electron chi connectivity index (χ3n) is 12.0. The van der Waals surface area contributed by atoms with Crippen LogP contribution in [0.15, 0.2) is 164 Å². The number of rotatable bonds is 7. The lowest BCUT2D eigenvalue weighted by Gasteiger charge is -2.27. The summed E-state index contributed by atoms with van der Waals surface area (Å²) in [4.78, 5) is 4.67. The first-order valence-corrected chi connectivity index (χ1v) is 21.1. The fourth-order valence-corrected chi connectivity index (χ4v) is 9.04. The molecule has 1 aliphatic rings. The fourth-order valence-electron chi connectivity index (χ4n) is 9.04. The quantitative estimate of drug-likeness (QED) is 0.118. The Kier molecular flexibility index (Phi) is 5.02. The fraction of sp³-hybridized carbons (Fsp3) is 0.213. The molecular weight excluding hydrogens is 805 g/mol. The highest BCUT2D eigenvalue weighted by molar-refractivity contribution is 6.09.